The Balaban J connectivity index is 1.38. The number of carbonyl (C=O) groups is 1. The second kappa shape index (κ2) is 7.88. The van der Waals surface area contributed by atoms with E-state index in [1.54, 1.807) is 12.1 Å². The van der Waals surface area contributed by atoms with Crippen LogP contribution in [0.5, 0.6) is 5.75 Å². The Kier molecular flexibility index (Phi) is 5.38. The molecule has 1 saturated carbocycles. The molecule has 5 nitrogen and oxygen atoms in total. The molecule has 2 aromatic carbocycles. The minimum absolute atomic E-state index is 0.0862. The van der Waals surface area contributed by atoms with E-state index in [1.165, 1.54) is 13.2 Å². The third-order valence-electron chi connectivity index (χ3n) is 4.19. The molecule has 0 spiro atoms. The first-order valence-electron chi connectivity index (χ1n) is 8.21. The standard InChI is InChI=1S/C19H21FN2O3/c1-24-18-11-14(7-8-17(18)20)21-15-9-16(10-15)22-19(23)25-12-13-5-3-2-4-6-13/h2-8,11,15-16,21H,9-10,12H2,1H3,(H,22,23). The van der Waals surface area contributed by atoms with Gasteiger partial charge in [-0.2, -0.15) is 0 Å². The maximum absolute atomic E-state index is 13.4. The molecule has 2 N–H and O–H groups in total. The average molecular weight is 344 g/mol. The summed E-state index contributed by atoms with van der Waals surface area (Å²) < 4.78 is 23.6. The molecule has 0 heterocycles. The fourth-order valence-electron chi connectivity index (χ4n) is 2.77. The number of alkyl carbamates (subject to hydrolysis) is 1. The molecule has 2 aromatic rings. The second-order valence-corrected chi connectivity index (χ2v) is 6.06. The summed E-state index contributed by atoms with van der Waals surface area (Å²) in [6, 6.07) is 14.5. The van der Waals surface area contributed by atoms with Crippen molar-refractivity contribution in [1.82, 2.24) is 5.32 Å². The minimum atomic E-state index is -0.407. The normalized spacial score (nSPS) is 18.8. The van der Waals surface area contributed by atoms with E-state index in [9.17, 15) is 9.18 Å². The van der Waals surface area contributed by atoms with Crippen molar-refractivity contribution in [2.24, 2.45) is 0 Å². The highest BCUT2D eigenvalue weighted by Gasteiger charge is 2.30. The van der Waals surface area contributed by atoms with Gasteiger partial charge in [0.15, 0.2) is 11.6 Å². The molecule has 132 valence electrons. The van der Waals surface area contributed by atoms with Gasteiger partial charge in [-0.1, -0.05) is 30.3 Å². The van der Waals surface area contributed by atoms with Gasteiger partial charge in [0.1, 0.15) is 6.61 Å². The van der Waals surface area contributed by atoms with E-state index in [4.69, 9.17) is 9.47 Å². The SMILES string of the molecule is COc1cc(NC2CC(NC(=O)OCc3ccccc3)C2)ccc1F. The molecule has 0 unspecified atom stereocenters. The molecule has 6 heteroatoms. The van der Waals surface area contributed by atoms with Crippen LogP contribution in [0.2, 0.25) is 0 Å². The van der Waals surface area contributed by atoms with Gasteiger partial charge in [0, 0.05) is 23.8 Å². The van der Waals surface area contributed by atoms with Crippen molar-refractivity contribution in [3.8, 4) is 5.75 Å². The first kappa shape index (κ1) is 17.1. The number of rotatable bonds is 6. The number of hydrogen-bond donors (Lipinski definition) is 2. The predicted octanol–water partition coefficient (Wildman–Crippen LogP) is 3.70. The average Bonchev–Trinajstić information content (AvgIpc) is 2.60. The summed E-state index contributed by atoms with van der Waals surface area (Å²) in [6.45, 7) is 0.260. The molecule has 0 radical (unpaired) electrons. The van der Waals surface area contributed by atoms with Crippen molar-refractivity contribution < 1.29 is 18.7 Å². The maximum Gasteiger partial charge on any atom is 0.407 e. The summed E-state index contributed by atoms with van der Waals surface area (Å²) in [6.07, 6.45) is 1.18. The zero-order valence-electron chi connectivity index (χ0n) is 14.0. The summed E-state index contributed by atoms with van der Waals surface area (Å²) in [5, 5.41) is 6.15. The van der Waals surface area contributed by atoms with Crippen LogP contribution in [0, 0.1) is 5.82 Å². The number of ether oxygens (including phenoxy) is 2. The molecule has 0 bridgehead atoms. The van der Waals surface area contributed by atoms with Crippen molar-refractivity contribution in [2.75, 3.05) is 12.4 Å². The Morgan fingerprint density at radius 3 is 2.64 bits per heavy atom. The lowest BCUT2D eigenvalue weighted by Crippen LogP contribution is -2.49. The minimum Gasteiger partial charge on any atom is -0.494 e. The first-order valence-corrected chi connectivity index (χ1v) is 8.21. The van der Waals surface area contributed by atoms with Gasteiger partial charge in [-0.05, 0) is 30.5 Å². The molecular formula is C19H21FN2O3. The second-order valence-electron chi connectivity index (χ2n) is 6.06. The highest BCUT2D eigenvalue weighted by molar-refractivity contribution is 5.67. The van der Waals surface area contributed by atoms with Gasteiger partial charge in [0.2, 0.25) is 0 Å². The molecular weight excluding hydrogens is 323 g/mol. The summed E-state index contributed by atoms with van der Waals surface area (Å²) in [5.74, 6) is -0.175. The molecule has 0 aromatic heterocycles. The van der Waals surface area contributed by atoms with Crippen LogP contribution in [0.4, 0.5) is 14.9 Å². The zero-order chi connectivity index (χ0) is 17.6. The van der Waals surface area contributed by atoms with E-state index in [2.05, 4.69) is 10.6 Å². The molecule has 1 amide bonds. The molecule has 0 atom stereocenters. The van der Waals surface area contributed by atoms with Gasteiger partial charge in [0.25, 0.3) is 0 Å². The highest BCUT2D eigenvalue weighted by Crippen LogP contribution is 2.27. The van der Waals surface area contributed by atoms with Crippen LogP contribution in [0.15, 0.2) is 48.5 Å². The van der Waals surface area contributed by atoms with E-state index in [0.717, 1.165) is 24.1 Å². The molecule has 3 rings (SSSR count). The number of halogens is 1. The van der Waals surface area contributed by atoms with Crippen molar-refractivity contribution in [1.29, 1.82) is 0 Å². The van der Waals surface area contributed by atoms with E-state index in [1.807, 2.05) is 30.3 Å². The molecule has 1 aliphatic carbocycles. The number of hydrogen-bond acceptors (Lipinski definition) is 4. The van der Waals surface area contributed by atoms with Gasteiger partial charge >= 0.3 is 6.09 Å². The lowest BCUT2D eigenvalue weighted by atomic mass is 9.86. The van der Waals surface area contributed by atoms with Crippen LogP contribution < -0.4 is 15.4 Å². The molecule has 0 saturated heterocycles. The Morgan fingerprint density at radius 2 is 1.92 bits per heavy atom. The summed E-state index contributed by atoms with van der Waals surface area (Å²) in [4.78, 5) is 11.8. The van der Waals surface area contributed by atoms with Crippen LogP contribution >= 0.6 is 0 Å². The van der Waals surface area contributed by atoms with E-state index in [0.29, 0.717) is 0 Å². The number of benzene rings is 2. The first-order chi connectivity index (χ1) is 12.1. The third kappa shape index (κ3) is 4.62. The van der Waals surface area contributed by atoms with Crippen LogP contribution in [0.25, 0.3) is 0 Å². The largest absolute Gasteiger partial charge is 0.494 e. The lowest BCUT2D eigenvalue weighted by Gasteiger charge is -2.36. The van der Waals surface area contributed by atoms with Crippen molar-refractivity contribution in [2.45, 2.75) is 31.5 Å². The highest BCUT2D eigenvalue weighted by atomic mass is 19.1. The fourth-order valence-corrected chi connectivity index (χ4v) is 2.77. The monoisotopic (exact) mass is 344 g/mol. The lowest BCUT2D eigenvalue weighted by molar-refractivity contribution is 0.129. The van der Waals surface area contributed by atoms with Crippen LogP contribution in [0.1, 0.15) is 18.4 Å². The van der Waals surface area contributed by atoms with Gasteiger partial charge in [-0.15, -0.1) is 0 Å². The number of carbonyl (C=O) groups excluding carboxylic acids is 1. The Morgan fingerprint density at radius 1 is 1.16 bits per heavy atom. The Bertz CT molecular complexity index is 718. The fraction of sp³-hybridized carbons (Fsp3) is 0.316. The number of methoxy groups -OCH3 is 1. The number of amides is 1. The molecule has 1 aliphatic rings. The molecule has 25 heavy (non-hydrogen) atoms. The maximum atomic E-state index is 13.4. The zero-order valence-corrected chi connectivity index (χ0v) is 14.0. The smallest absolute Gasteiger partial charge is 0.407 e. The summed E-state index contributed by atoms with van der Waals surface area (Å²) in [5.41, 5.74) is 1.75. The van der Waals surface area contributed by atoms with E-state index in [-0.39, 0.29) is 30.3 Å². The van der Waals surface area contributed by atoms with Crippen molar-refractivity contribution in [3.63, 3.8) is 0 Å². The quantitative estimate of drug-likeness (QED) is 0.839. The topological polar surface area (TPSA) is 59.6 Å². The van der Waals surface area contributed by atoms with Crippen molar-refractivity contribution in [3.05, 3.63) is 59.9 Å². The third-order valence-corrected chi connectivity index (χ3v) is 4.19. The number of nitrogens with one attached hydrogen (secondary N) is 2. The Labute approximate surface area is 146 Å². The van der Waals surface area contributed by atoms with Crippen LogP contribution in [0.3, 0.4) is 0 Å². The predicted molar refractivity (Wildman–Crippen MR) is 93.1 cm³/mol. The van der Waals surface area contributed by atoms with Crippen LogP contribution in [-0.2, 0) is 11.3 Å². The molecule has 1 fully saturated rings. The number of anilines is 1. The van der Waals surface area contributed by atoms with Gasteiger partial charge in [-0.3, -0.25) is 0 Å². The van der Waals surface area contributed by atoms with Gasteiger partial charge in [-0.25, -0.2) is 9.18 Å². The summed E-state index contributed by atoms with van der Waals surface area (Å²) >= 11 is 0. The van der Waals surface area contributed by atoms with Gasteiger partial charge < -0.3 is 20.1 Å². The molecule has 0 aliphatic heterocycles. The van der Waals surface area contributed by atoms with E-state index < -0.39 is 6.09 Å². The Hall–Kier alpha value is -2.76. The summed E-state index contributed by atoms with van der Waals surface area (Å²) in [7, 11) is 1.44. The van der Waals surface area contributed by atoms with E-state index >= 15 is 0 Å². The van der Waals surface area contributed by atoms with Crippen molar-refractivity contribution >= 4 is 11.8 Å². The van der Waals surface area contributed by atoms with Gasteiger partial charge in [0.05, 0.1) is 7.11 Å². The van der Waals surface area contributed by atoms with Crippen LogP contribution in [-0.4, -0.2) is 25.3 Å².